The molecule has 1 aromatic heterocycles. The maximum atomic E-state index is 12.6. The quantitative estimate of drug-likeness (QED) is 0.332. The van der Waals surface area contributed by atoms with Crippen LogP contribution in [-0.2, 0) is 6.61 Å². The standard InChI is InChI=1S/C23H22N2O2S3/c1-4-19-15(2)20(30-22(19)29-3)21(26)25-23(28)24-17-10-12-18(13-11-17)27-14-16-8-6-5-7-9-16/h4-13H,1,14H2,2-3H3,(H2,24,25,26,28). The van der Waals surface area contributed by atoms with Crippen molar-refractivity contribution in [3.63, 3.8) is 0 Å². The first-order valence-corrected chi connectivity index (χ1v) is 11.7. The summed E-state index contributed by atoms with van der Waals surface area (Å²) in [6.45, 7) is 6.27. The summed E-state index contributed by atoms with van der Waals surface area (Å²) >= 11 is 8.36. The predicted octanol–water partition coefficient (Wildman–Crippen LogP) is 6.13. The Kier molecular flexibility index (Phi) is 7.68. The van der Waals surface area contributed by atoms with Crippen molar-refractivity contribution in [3.05, 3.63) is 82.7 Å². The number of nitrogens with one attached hydrogen (secondary N) is 2. The third kappa shape index (κ3) is 5.50. The van der Waals surface area contributed by atoms with Gasteiger partial charge in [0.1, 0.15) is 12.4 Å². The average Bonchev–Trinajstić information content (AvgIpc) is 3.09. The highest BCUT2D eigenvalue weighted by atomic mass is 32.2. The molecule has 0 aliphatic carbocycles. The number of hydrogen-bond acceptors (Lipinski definition) is 5. The summed E-state index contributed by atoms with van der Waals surface area (Å²) in [7, 11) is 0. The van der Waals surface area contributed by atoms with Crippen LogP contribution in [0.15, 0.2) is 65.4 Å². The molecule has 0 aliphatic rings. The van der Waals surface area contributed by atoms with Gasteiger partial charge in [-0.2, -0.15) is 0 Å². The molecule has 0 unspecified atom stereocenters. The Hall–Kier alpha value is -2.61. The Balaban J connectivity index is 1.56. The SMILES string of the molecule is C=Cc1c(SC)sc(C(=O)NC(=S)Nc2ccc(OCc3ccccc3)cc2)c1C. The highest BCUT2D eigenvalue weighted by Gasteiger charge is 2.19. The lowest BCUT2D eigenvalue weighted by atomic mass is 10.1. The predicted molar refractivity (Wildman–Crippen MR) is 132 cm³/mol. The van der Waals surface area contributed by atoms with E-state index in [1.54, 1.807) is 17.8 Å². The van der Waals surface area contributed by atoms with Crippen molar-refractivity contribution < 1.29 is 9.53 Å². The summed E-state index contributed by atoms with van der Waals surface area (Å²) < 4.78 is 6.85. The first kappa shape index (κ1) is 22.1. The number of benzene rings is 2. The van der Waals surface area contributed by atoms with Gasteiger partial charge in [-0.1, -0.05) is 43.0 Å². The number of ether oxygens (including phenoxy) is 1. The Labute approximate surface area is 190 Å². The van der Waals surface area contributed by atoms with Gasteiger partial charge in [0, 0.05) is 11.3 Å². The fourth-order valence-corrected chi connectivity index (χ4v) is 4.99. The Morgan fingerprint density at radius 3 is 2.50 bits per heavy atom. The van der Waals surface area contributed by atoms with Crippen molar-refractivity contribution >= 4 is 58.1 Å². The Morgan fingerprint density at radius 1 is 1.20 bits per heavy atom. The van der Waals surface area contributed by atoms with Gasteiger partial charge >= 0.3 is 0 Å². The van der Waals surface area contributed by atoms with Crippen LogP contribution in [-0.4, -0.2) is 17.3 Å². The van der Waals surface area contributed by atoms with E-state index in [1.165, 1.54) is 11.3 Å². The smallest absolute Gasteiger partial charge is 0.267 e. The number of rotatable bonds is 7. The molecule has 2 N–H and O–H groups in total. The highest BCUT2D eigenvalue weighted by Crippen LogP contribution is 2.35. The maximum Gasteiger partial charge on any atom is 0.267 e. The van der Waals surface area contributed by atoms with E-state index in [1.807, 2.05) is 67.8 Å². The number of amides is 1. The molecule has 0 fully saturated rings. The van der Waals surface area contributed by atoms with E-state index < -0.39 is 0 Å². The van der Waals surface area contributed by atoms with E-state index in [9.17, 15) is 4.79 Å². The molecule has 0 saturated heterocycles. The summed E-state index contributed by atoms with van der Waals surface area (Å²) in [4.78, 5) is 13.3. The number of anilines is 1. The normalized spacial score (nSPS) is 10.3. The number of carbonyl (C=O) groups is 1. The minimum atomic E-state index is -0.221. The Morgan fingerprint density at radius 2 is 1.90 bits per heavy atom. The molecule has 0 aliphatic heterocycles. The van der Waals surface area contributed by atoms with E-state index in [-0.39, 0.29) is 11.0 Å². The van der Waals surface area contributed by atoms with Crippen LogP contribution in [0.25, 0.3) is 6.08 Å². The van der Waals surface area contributed by atoms with Crippen LogP contribution >= 0.6 is 35.3 Å². The third-order valence-corrected chi connectivity index (χ3v) is 6.99. The van der Waals surface area contributed by atoms with Gasteiger partial charge in [-0.25, -0.2) is 0 Å². The second-order valence-corrected chi connectivity index (χ2v) is 8.88. The van der Waals surface area contributed by atoms with Crippen molar-refractivity contribution in [2.75, 3.05) is 11.6 Å². The van der Waals surface area contributed by atoms with Crippen LogP contribution in [0, 0.1) is 6.92 Å². The molecular weight excluding hydrogens is 432 g/mol. The van der Waals surface area contributed by atoms with Crippen molar-refractivity contribution in [1.82, 2.24) is 5.32 Å². The molecule has 1 amide bonds. The van der Waals surface area contributed by atoms with Crippen LogP contribution in [0.3, 0.4) is 0 Å². The molecule has 3 rings (SSSR count). The maximum absolute atomic E-state index is 12.6. The van der Waals surface area contributed by atoms with Crippen LogP contribution in [0.2, 0.25) is 0 Å². The largest absolute Gasteiger partial charge is 0.489 e. The molecular formula is C23H22N2O2S3. The molecule has 0 radical (unpaired) electrons. The van der Waals surface area contributed by atoms with Gasteiger partial charge in [0.25, 0.3) is 5.91 Å². The van der Waals surface area contributed by atoms with E-state index in [0.717, 1.165) is 32.3 Å². The van der Waals surface area contributed by atoms with E-state index in [4.69, 9.17) is 17.0 Å². The molecule has 0 atom stereocenters. The van der Waals surface area contributed by atoms with Gasteiger partial charge in [-0.3, -0.25) is 10.1 Å². The third-order valence-electron chi connectivity index (χ3n) is 4.34. The molecule has 0 saturated carbocycles. The van der Waals surface area contributed by atoms with E-state index in [0.29, 0.717) is 11.5 Å². The lowest BCUT2D eigenvalue weighted by Gasteiger charge is -2.11. The summed E-state index contributed by atoms with van der Waals surface area (Å²) in [5.74, 6) is 0.538. The minimum absolute atomic E-state index is 0.221. The molecule has 0 bridgehead atoms. The minimum Gasteiger partial charge on any atom is -0.489 e. The molecule has 1 heterocycles. The zero-order chi connectivity index (χ0) is 21.5. The lowest BCUT2D eigenvalue weighted by Crippen LogP contribution is -2.34. The summed E-state index contributed by atoms with van der Waals surface area (Å²) in [6, 6.07) is 17.4. The average molecular weight is 455 g/mol. The van der Waals surface area contributed by atoms with Gasteiger partial charge in [0.15, 0.2) is 5.11 Å². The van der Waals surface area contributed by atoms with Gasteiger partial charge in [-0.15, -0.1) is 23.1 Å². The highest BCUT2D eigenvalue weighted by molar-refractivity contribution is 8.00. The molecule has 154 valence electrons. The molecule has 7 heteroatoms. The number of hydrogen-bond donors (Lipinski definition) is 2. The van der Waals surface area contributed by atoms with Crippen LogP contribution in [0.5, 0.6) is 5.75 Å². The van der Waals surface area contributed by atoms with Gasteiger partial charge in [-0.05, 0) is 60.8 Å². The topological polar surface area (TPSA) is 50.4 Å². The fourth-order valence-electron chi connectivity index (χ4n) is 2.80. The summed E-state index contributed by atoms with van der Waals surface area (Å²) in [6.07, 6.45) is 3.77. The number of thiocarbonyl (C=S) groups is 1. The summed E-state index contributed by atoms with van der Waals surface area (Å²) in [5, 5.41) is 6.04. The first-order chi connectivity index (χ1) is 14.5. The molecule has 3 aromatic rings. The van der Waals surface area contributed by atoms with Crippen molar-refractivity contribution in [1.29, 1.82) is 0 Å². The van der Waals surface area contributed by atoms with Crippen LogP contribution in [0.4, 0.5) is 5.69 Å². The zero-order valence-corrected chi connectivity index (χ0v) is 19.2. The Bertz CT molecular complexity index is 1040. The monoisotopic (exact) mass is 454 g/mol. The molecule has 2 aromatic carbocycles. The van der Waals surface area contributed by atoms with Gasteiger partial charge in [0.2, 0.25) is 0 Å². The van der Waals surface area contributed by atoms with Crippen molar-refractivity contribution in [2.24, 2.45) is 0 Å². The van der Waals surface area contributed by atoms with Crippen LogP contribution in [0.1, 0.15) is 26.4 Å². The second kappa shape index (κ2) is 10.4. The van der Waals surface area contributed by atoms with E-state index in [2.05, 4.69) is 17.2 Å². The first-order valence-electron chi connectivity index (χ1n) is 9.20. The van der Waals surface area contributed by atoms with Crippen LogP contribution < -0.4 is 15.4 Å². The summed E-state index contributed by atoms with van der Waals surface area (Å²) in [5.41, 5.74) is 3.80. The van der Waals surface area contributed by atoms with Gasteiger partial charge < -0.3 is 10.1 Å². The fraction of sp³-hybridized carbons (Fsp3) is 0.130. The van der Waals surface area contributed by atoms with Crippen molar-refractivity contribution in [2.45, 2.75) is 17.7 Å². The number of carbonyl (C=O) groups excluding carboxylic acids is 1. The number of thioether (sulfide) groups is 1. The second-order valence-electron chi connectivity index (χ2n) is 6.37. The van der Waals surface area contributed by atoms with E-state index >= 15 is 0 Å². The lowest BCUT2D eigenvalue weighted by molar-refractivity contribution is 0.0981. The molecule has 30 heavy (non-hydrogen) atoms. The number of thiophene rings is 1. The molecule has 4 nitrogen and oxygen atoms in total. The van der Waals surface area contributed by atoms with Crippen molar-refractivity contribution in [3.8, 4) is 5.75 Å². The molecule has 0 spiro atoms. The van der Waals surface area contributed by atoms with Gasteiger partial charge in [0.05, 0.1) is 9.09 Å². The zero-order valence-electron chi connectivity index (χ0n) is 16.7.